The average molecular weight is 303 g/mol. The molecule has 3 nitrogen and oxygen atoms in total. The molecule has 1 fully saturated rings. The minimum atomic E-state index is -0.204. The molecule has 22 heavy (non-hydrogen) atoms. The van der Waals surface area contributed by atoms with Gasteiger partial charge in [0.05, 0.1) is 0 Å². The van der Waals surface area contributed by atoms with Crippen molar-refractivity contribution in [1.29, 1.82) is 0 Å². The lowest BCUT2D eigenvalue weighted by Gasteiger charge is -2.19. The molecular formula is C19H29NO2. The van der Waals surface area contributed by atoms with Crippen LogP contribution in [0.4, 0.5) is 0 Å². The van der Waals surface area contributed by atoms with Crippen molar-refractivity contribution in [1.82, 2.24) is 5.32 Å². The van der Waals surface area contributed by atoms with Crippen molar-refractivity contribution < 1.29 is 9.53 Å². The first kappa shape index (κ1) is 17.0. The van der Waals surface area contributed by atoms with Gasteiger partial charge < -0.3 is 10.1 Å². The average Bonchev–Trinajstić information content (AvgIpc) is 3.00. The molecule has 0 radical (unpaired) electrons. The zero-order valence-electron chi connectivity index (χ0n) is 14.2. The third kappa shape index (κ3) is 5.13. The van der Waals surface area contributed by atoms with Crippen LogP contribution in [0.2, 0.25) is 0 Å². The number of hydrogen-bond donors (Lipinski definition) is 1. The van der Waals surface area contributed by atoms with Crippen LogP contribution in [0.1, 0.15) is 57.6 Å². The van der Waals surface area contributed by atoms with Crippen LogP contribution in [-0.4, -0.2) is 25.2 Å². The Morgan fingerprint density at radius 2 is 1.95 bits per heavy atom. The summed E-state index contributed by atoms with van der Waals surface area (Å²) in [5.74, 6) is 0.0621. The summed E-state index contributed by atoms with van der Waals surface area (Å²) in [6, 6.07) is 8.92. The lowest BCUT2D eigenvalue weighted by atomic mass is 9.86. The molecule has 0 saturated carbocycles. The monoisotopic (exact) mass is 303 g/mol. The predicted octanol–water partition coefficient (Wildman–Crippen LogP) is 3.60. The van der Waals surface area contributed by atoms with E-state index < -0.39 is 0 Å². The molecule has 1 saturated heterocycles. The SMILES string of the molecule is CC(C)(C)c1ccc(CCCCNC(=O)C2CCCO2)cc1. The van der Waals surface area contributed by atoms with Gasteiger partial charge in [0.25, 0.3) is 0 Å². The van der Waals surface area contributed by atoms with Crippen molar-refractivity contribution in [2.45, 2.75) is 64.4 Å². The molecule has 3 heteroatoms. The molecule has 0 bridgehead atoms. The highest BCUT2D eigenvalue weighted by Crippen LogP contribution is 2.22. The van der Waals surface area contributed by atoms with E-state index in [0.29, 0.717) is 0 Å². The third-order valence-electron chi connectivity index (χ3n) is 4.23. The summed E-state index contributed by atoms with van der Waals surface area (Å²) in [5.41, 5.74) is 2.96. The van der Waals surface area contributed by atoms with Crippen LogP contribution in [0.15, 0.2) is 24.3 Å². The summed E-state index contributed by atoms with van der Waals surface area (Å²) in [5, 5.41) is 2.98. The van der Waals surface area contributed by atoms with Gasteiger partial charge in [-0.05, 0) is 48.6 Å². The van der Waals surface area contributed by atoms with Crippen molar-refractivity contribution in [2.24, 2.45) is 0 Å². The number of aryl methyl sites for hydroxylation is 1. The highest BCUT2D eigenvalue weighted by atomic mass is 16.5. The first-order valence-corrected chi connectivity index (χ1v) is 8.45. The molecule has 1 unspecified atom stereocenters. The van der Waals surface area contributed by atoms with Gasteiger partial charge in [0.15, 0.2) is 0 Å². The fourth-order valence-corrected chi connectivity index (χ4v) is 2.74. The second-order valence-corrected chi connectivity index (χ2v) is 7.20. The van der Waals surface area contributed by atoms with E-state index in [4.69, 9.17) is 4.74 Å². The Balaban J connectivity index is 1.63. The molecule has 1 heterocycles. The number of unbranched alkanes of at least 4 members (excludes halogenated alkanes) is 1. The molecule has 0 spiro atoms. The number of carbonyl (C=O) groups is 1. The van der Waals surface area contributed by atoms with E-state index in [-0.39, 0.29) is 17.4 Å². The van der Waals surface area contributed by atoms with Crippen LogP contribution in [0.5, 0.6) is 0 Å². The quantitative estimate of drug-likeness (QED) is 0.815. The van der Waals surface area contributed by atoms with Gasteiger partial charge in [-0.3, -0.25) is 4.79 Å². The van der Waals surface area contributed by atoms with Crippen LogP contribution < -0.4 is 5.32 Å². The second kappa shape index (κ2) is 7.77. The number of nitrogens with one attached hydrogen (secondary N) is 1. The highest BCUT2D eigenvalue weighted by molar-refractivity contribution is 5.80. The van der Waals surface area contributed by atoms with Gasteiger partial charge in [0, 0.05) is 13.2 Å². The van der Waals surface area contributed by atoms with E-state index in [1.165, 1.54) is 11.1 Å². The standard InChI is InChI=1S/C19H29NO2/c1-19(2,3)16-11-9-15(10-12-16)7-4-5-13-20-18(21)17-8-6-14-22-17/h9-12,17H,4-8,13-14H2,1-3H3,(H,20,21). The van der Waals surface area contributed by atoms with Crippen molar-refractivity contribution in [3.8, 4) is 0 Å². The van der Waals surface area contributed by atoms with Crippen molar-refractivity contribution in [2.75, 3.05) is 13.2 Å². The molecule has 1 aliphatic heterocycles. The maximum Gasteiger partial charge on any atom is 0.249 e. The van der Waals surface area contributed by atoms with Gasteiger partial charge in [0.2, 0.25) is 5.91 Å². The number of hydrogen-bond acceptors (Lipinski definition) is 2. The molecule has 1 amide bonds. The smallest absolute Gasteiger partial charge is 0.249 e. The molecule has 1 aromatic carbocycles. The minimum absolute atomic E-state index is 0.0621. The topological polar surface area (TPSA) is 38.3 Å². The summed E-state index contributed by atoms with van der Waals surface area (Å²) in [6.45, 7) is 8.18. The molecule has 2 rings (SSSR count). The first-order chi connectivity index (χ1) is 10.5. The molecule has 122 valence electrons. The summed E-state index contributed by atoms with van der Waals surface area (Å²) < 4.78 is 5.37. The van der Waals surface area contributed by atoms with Gasteiger partial charge in [-0.15, -0.1) is 0 Å². The van der Waals surface area contributed by atoms with Crippen LogP contribution in [0, 0.1) is 0 Å². The van der Waals surface area contributed by atoms with Gasteiger partial charge in [-0.2, -0.15) is 0 Å². The molecule has 1 atom stereocenters. The predicted molar refractivity (Wildman–Crippen MR) is 90.1 cm³/mol. The number of carbonyl (C=O) groups excluding carboxylic acids is 1. The van der Waals surface area contributed by atoms with Gasteiger partial charge in [0.1, 0.15) is 6.10 Å². The zero-order chi connectivity index (χ0) is 16.0. The van der Waals surface area contributed by atoms with Crippen LogP contribution in [0.3, 0.4) is 0 Å². The minimum Gasteiger partial charge on any atom is -0.368 e. The first-order valence-electron chi connectivity index (χ1n) is 8.45. The van der Waals surface area contributed by atoms with Crippen molar-refractivity contribution in [3.63, 3.8) is 0 Å². The summed E-state index contributed by atoms with van der Waals surface area (Å²) in [4.78, 5) is 11.8. The van der Waals surface area contributed by atoms with E-state index in [0.717, 1.165) is 45.3 Å². The molecule has 0 aliphatic carbocycles. The molecular weight excluding hydrogens is 274 g/mol. The van der Waals surface area contributed by atoms with E-state index in [2.05, 4.69) is 50.4 Å². The maximum absolute atomic E-state index is 11.8. The van der Waals surface area contributed by atoms with Crippen LogP contribution in [-0.2, 0) is 21.4 Å². The number of amides is 1. The molecule has 0 aromatic heterocycles. The Hall–Kier alpha value is -1.35. The Kier molecular flexibility index (Phi) is 6.01. The van der Waals surface area contributed by atoms with Gasteiger partial charge >= 0.3 is 0 Å². The number of benzene rings is 1. The highest BCUT2D eigenvalue weighted by Gasteiger charge is 2.22. The molecule has 1 aliphatic rings. The Bertz CT molecular complexity index is 467. The van der Waals surface area contributed by atoms with Crippen LogP contribution >= 0.6 is 0 Å². The van der Waals surface area contributed by atoms with Crippen molar-refractivity contribution >= 4 is 5.91 Å². The summed E-state index contributed by atoms with van der Waals surface area (Å²) in [6.07, 6.45) is 4.85. The largest absolute Gasteiger partial charge is 0.368 e. The van der Waals surface area contributed by atoms with Crippen LogP contribution in [0.25, 0.3) is 0 Å². The van der Waals surface area contributed by atoms with E-state index in [9.17, 15) is 4.79 Å². The summed E-state index contributed by atoms with van der Waals surface area (Å²) in [7, 11) is 0. The zero-order valence-corrected chi connectivity index (χ0v) is 14.2. The maximum atomic E-state index is 11.8. The Morgan fingerprint density at radius 3 is 2.55 bits per heavy atom. The van der Waals surface area contributed by atoms with E-state index >= 15 is 0 Å². The van der Waals surface area contributed by atoms with E-state index in [1.54, 1.807) is 0 Å². The number of ether oxygens (including phenoxy) is 1. The van der Waals surface area contributed by atoms with Gasteiger partial charge in [-0.25, -0.2) is 0 Å². The van der Waals surface area contributed by atoms with Crippen molar-refractivity contribution in [3.05, 3.63) is 35.4 Å². The Labute approximate surface area is 134 Å². The Morgan fingerprint density at radius 1 is 1.23 bits per heavy atom. The fraction of sp³-hybridized carbons (Fsp3) is 0.632. The van der Waals surface area contributed by atoms with E-state index in [1.807, 2.05) is 0 Å². The lowest BCUT2D eigenvalue weighted by Crippen LogP contribution is -2.34. The molecule has 1 aromatic rings. The number of rotatable bonds is 6. The fourth-order valence-electron chi connectivity index (χ4n) is 2.74. The molecule has 1 N–H and O–H groups in total. The lowest BCUT2D eigenvalue weighted by molar-refractivity contribution is -0.130. The third-order valence-corrected chi connectivity index (χ3v) is 4.23. The second-order valence-electron chi connectivity index (χ2n) is 7.20. The van der Waals surface area contributed by atoms with Gasteiger partial charge in [-0.1, -0.05) is 45.0 Å². The summed E-state index contributed by atoms with van der Waals surface area (Å²) >= 11 is 0. The normalized spacial score (nSPS) is 18.4.